The average Bonchev–Trinajstić information content (AvgIpc) is 2.79. The summed E-state index contributed by atoms with van der Waals surface area (Å²) in [4.78, 5) is 4.31. The van der Waals surface area contributed by atoms with Crippen LogP contribution >= 0.6 is 0 Å². The number of halogens is 3. The van der Waals surface area contributed by atoms with E-state index in [0.29, 0.717) is 22.4 Å². The first-order chi connectivity index (χ1) is 15.1. The highest BCUT2D eigenvalue weighted by Crippen LogP contribution is 2.39. The molecule has 0 bridgehead atoms. The first-order valence-electron chi connectivity index (χ1n) is 10.2. The third-order valence-corrected chi connectivity index (χ3v) is 6.54. The van der Waals surface area contributed by atoms with Crippen molar-refractivity contribution < 1.29 is 21.9 Å². The predicted octanol–water partition coefficient (Wildman–Crippen LogP) is 6.73. The van der Waals surface area contributed by atoms with Gasteiger partial charge in [-0.05, 0) is 60.6 Å². The van der Waals surface area contributed by atoms with Crippen LogP contribution in [0.5, 0.6) is 0 Å². The van der Waals surface area contributed by atoms with Crippen LogP contribution in [0.3, 0.4) is 0 Å². The van der Waals surface area contributed by atoms with E-state index in [1.54, 1.807) is 19.1 Å². The van der Waals surface area contributed by atoms with Crippen LogP contribution in [0.25, 0.3) is 16.7 Å². The maximum Gasteiger partial charge on any atom is 0.417 e. The van der Waals surface area contributed by atoms with Crippen molar-refractivity contribution in [3.05, 3.63) is 65.5 Å². The summed E-state index contributed by atoms with van der Waals surface area (Å²) in [7, 11) is 0. The van der Waals surface area contributed by atoms with E-state index in [-0.39, 0.29) is 21.9 Å². The van der Waals surface area contributed by atoms with E-state index in [0.717, 1.165) is 44.4 Å². The minimum Gasteiger partial charge on any atom is -0.302 e. The largest absolute Gasteiger partial charge is 0.417 e. The van der Waals surface area contributed by atoms with Gasteiger partial charge in [0.1, 0.15) is 6.07 Å². The highest BCUT2D eigenvalue weighted by Gasteiger charge is 2.33. The summed E-state index contributed by atoms with van der Waals surface area (Å²) in [5.41, 5.74) is 1.20. The second kappa shape index (κ2) is 9.80. The van der Waals surface area contributed by atoms with E-state index in [1.165, 1.54) is 12.1 Å². The molecule has 1 aromatic heterocycles. The molecule has 2 aromatic rings. The van der Waals surface area contributed by atoms with Crippen molar-refractivity contribution in [2.45, 2.75) is 50.1 Å². The molecule has 1 saturated carbocycles. The Balaban J connectivity index is 2.16. The maximum absolute atomic E-state index is 13.5. The van der Waals surface area contributed by atoms with Crippen LogP contribution in [-0.2, 0) is 17.3 Å². The summed E-state index contributed by atoms with van der Waals surface area (Å²) in [5, 5.41) is 9.93. The number of aromatic nitrogens is 1. The van der Waals surface area contributed by atoms with Crippen LogP contribution in [0.1, 0.15) is 61.4 Å². The lowest BCUT2D eigenvalue weighted by molar-refractivity contribution is -0.137. The second-order valence-corrected chi connectivity index (χ2v) is 8.83. The molecule has 1 heterocycles. The van der Waals surface area contributed by atoms with Gasteiger partial charge in [-0.25, -0.2) is 4.21 Å². The summed E-state index contributed by atoms with van der Waals surface area (Å²) in [5.74, 6) is 0.116. The molecule has 0 spiro atoms. The lowest BCUT2D eigenvalue weighted by Crippen LogP contribution is -2.13. The first kappa shape index (κ1) is 23.9. The van der Waals surface area contributed by atoms with Gasteiger partial charge < -0.3 is 4.55 Å². The van der Waals surface area contributed by atoms with Crippen LogP contribution in [0.15, 0.2) is 48.0 Å². The summed E-state index contributed by atoms with van der Waals surface area (Å²) < 4.78 is 60.8. The summed E-state index contributed by atoms with van der Waals surface area (Å²) in [6, 6.07) is 9.03. The molecule has 1 fully saturated rings. The molecule has 32 heavy (non-hydrogen) atoms. The minimum absolute atomic E-state index is 0.0634. The Morgan fingerprint density at radius 3 is 2.38 bits per heavy atom. The first-order valence-corrected chi connectivity index (χ1v) is 11.3. The lowest BCUT2D eigenvalue weighted by Gasteiger charge is -2.25. The van der Waals surface area contributed by atoms with Crippen molar-refractivity contribution in [2.24, 2.45) is 5.92 Å². The normalized spacial score (nSPS) is 16.8. The zero-order valence-electron chi connectivity index (χ0n) is 17.6. The Kier molecular flexibility index (Phi) is 7.32. The van der Waals surface area contributed by atoms with Gasteiger partial charge in [0.2, 0.25) is 0 Å². The average molecular weight is 461 g/mol. The van der Waals surface area contributed by atoms with Crippen LogP contribution in [0.2, 0.25) is 0 Å². The predicted molar refractivity (Wildman–Crippen MR) is 118 cm³/mol. The van der Waals surface area contributed by atoms with Gasteiger partial charge in [-0.3, -0.25) is 4.98 Å². The smallest absolute Gasteiger partial charge is 0.302 e. The monoisotopic (exact) mass is 460 g/mol. The molecule has 4 nitrogen and oxygen atoms in total. The molecule has 0 saturated heterocycles. The molecule has 1 aromatic carbocycles. The Labute approximate surface area is 187 Å². The van der Waals surface area contributed by atoms with Crippen molar-refractivity contribution >= 4 is 27.8 Å². The fraction of sp³-hybridized carbons (Fsp3) is 0.333. The molecule has 1 aliphatic carbocycles. The summed E-state index contributed by atoms with van der Waals surface area (Å²) in [6.45, 7) is 5.78. The number of alkyl halides is 3. The zero-order valence-corrected chi connectivity index (χ0v) is 18.4. The SMILES string of the molecule is C=C(c1ncc(C(F)(F)F)cc1/C(C#N)=C(\C)c1ccc(S(=O)O)cc1)C1CCCCC1. The van der Waals surface area contributed by atoms with Crippen LogP contribution in [0.4, 0.5) is 13.2 Å². The van der Waals surface area contributed by atoms with Gasteiger partial charge in [0.15, 0.2) is 11.1 Å². The van der Waals surface area contributed by atoms with Gasteiger partial charge in [-0.2, -0.15) is 18.4 Å². The summed E-state index contributed by atoms with van der Waals surface area (Å²) >= 11 is -2.15. The quantitative estimate of drug-likeness (QED) is 0.397. The number of pyridine rings is 1. The van der Waals surface area contributed by atoms with Crippen molar-refractivity contribution in [3.63, 3.8) is 0 Å². The molecule has 0 aliphatic heterocycles. The fourth-order valence-electron chi connectivity index (χ4n) is 4.02. The molecule has 8 heteroatoms. The van der Waals surface area contributed by atoms with E-state index in [4.69, 9.17) is 0 Å². The molecule has 0 amide bonds. The number of nitrogens with zero attached hydrogens (tertiary/aromatic N) is 2. The van der Waals surface area contributed by atoms with E-state index in [9.17, 15) is 27.2 Å². The van der Waals surface area contributed by atoms with Crippen LogP contribution < -0.4 is 0 Å². The molecule has 0 radical (unpaired) electrons. The Hall–Kier alpha value is -2.76. The van der Waals surface area contributed by atoms with E-state index in [1.807, 2.05) is 0 Å². The maximum atomic E-state index is 13.5. The molecule has 1 atom stereocenters. The molecule has 1 aliphatic rings. The molecular formula is C24H23F3N2O2S. The molecule has 168 valence electrons. The number of allylic oxidation sites excluding steroid dienone is 3. The third kappa shape index (κ3) is 5.17. The molecular weight excluding hydrogens is 437 g/mol. The van der Waals surface area contributed by atoms with Crippen molar-refractivity contribution in [1.29, 1.82) is 5.26 Å². The van der Waals surface area contributed by atoms with Crippen molar-refractivity contribution in [1.82, 2.24) is 4.98 Å². The number of benzene rings is 1. The Morgan fingerprint density at radius 1 is 1.22 bits per heavy atom. The highest BCUT2D eigenvalue weighted by molar-refractivity contribution is 7.79. The number of hydrogen-bond donors (Lipinski definition) is 1. The van der Waals surface area contributed by atoms with E-state index < -0.39 is 22.8 Å². The van der Waals surface area contributed by atoms with Crippen LogP contribution in [-0.4, -0.2) is 13.7 Å². The van der Waals surface area contributed by atoms with E-state index >= 15 is 0 Å². The van der Waals surface area contributed by atoms with Gasteiger partial charge in [0, 0.05) is 11.8 Å². The van der Waals surface area contributed by atoms with E-state index in [2.05, 4.69) is 17.6 Å². The van der Waals surface area contributed by atoms with Crippen molar-refractivity contribution in [2.75, 3.05) is 0 Å². The molecule has 1 unspecified atom stereocenters. The van der Waals surface area contributed by atoms with Gasteiger partial charge in [-0.1, -0.05) is 38.0 Å². The van der Waals surface area contributed by atoms with Gasteiger partial charge in [-0.15, -0.1) is 0 Å². The lowest BCUT2D eigenvalue weighted by atomic mass is 9.81. The highest BCUT2D eigenvalue weighted by atomic mass is 32.2. The zero-order chi connectivity index (χ0) is 23.5. The topological polar surface area (TPSA) is 74.0 Å². The van der Waals surface area contributed by atoms with Gasteiger partial charge in [0.05, 0.1) is 21.7 Å². The molecule has 3 rings (SSSR count). The number of nitriles is 1. The summed E-state index contributed by atoms with van der Waals surface area (Å²) in [6.07, 6.45) is 1.15. The van der Waals surface area contributed by atoms with Crippen LogP contribution in [0, 0.1) is 17.2 Å². The minimum atomic E-state index is -4.60. The molecule has 1 N–H and O–H groups in total. The standard InChI is InChI=1S/C24H23F3N2O2S/c1-15(18-8-10-20(11-9-18)32(30)31)22(13-28)21-12-19(24(25,26)27)14-29-23(21)16(2)17-6-4-3-5-7-17/h8-12,14,17H,2-7H2,1H3,(H,30,31)/b22-15+. The van der Waals surface area contributed by atoms with Gasteiger partial charge >= 0.3 is 6.18 Å². The second-order valence-electron chi connectivity index (χ2n) is 7.86. The number of hydrogen-bond acceptors (Lipinski definition) is 3. The fourth-order valence-corrected chi connectivity index (χ4v) is 4.39. The number of rotatable bonds is 5. The van der Waals surface area contributed by atoms with Gasteiger partial charge in [0.25, 0.3) is 0 Å². The van der Waals surface area contributed by atoms with Crippen molar-refractivity contribution in [3.8, 4) is 6.07 Å². The Bertz CT molecular complexity index is 1110. The Morgan fingerprint density at radius 2 is 1.84 bits per heavy atom. The third-order valence-electron chi connectivity index (χ3n) is 5.86.